The molecule has 0 bridgehead atoms. The minimum absolute atomic E-state index is 0.0612. The van der Waals surface area contributed by atoms with Crippen molar-refractivity contribution in [2.45, 2.75) is 6.92 Å². The van der Waals surface area contributed by atoms with Crippen molar-refractivity contribution < 1.29 is 4.79 Å². The summed E-state index contributed by atoms with van der Waals surface area (Å²) in [5.74, 6) is 0.0612. The molecule has 0 fully saturated rings. The van der Waals surface area contributed by atoms with Gasteiger partial charge in [-0.2, -0.15) is 0 Å². The van der Waals surface area contributed by atoms with E-state index in [-0.39, 0.29) is 5.78 Å². The zero-order valence-corrected chi connectivity index (χ0v) is 15.8. The Morgan fingerprint density at radius 1 is 0.815 bits per heavy atom. The Morgan fingerprint density at radius 2 is 1.44 bits per heavy atom. The molecule has 27 heavy (non-hydrogen) atoms. The molecule has 1 aliphatic heterocycles. The smallest absolute Gasteiger partial charge is 0.203 e. The second kappa shape index (κ2) is 7.68. The van der Waals surface area contributed by atoms with Crippen molar-refractivity contribution in [3.63, 3.8) is 0 Å². The fourth-order valence-corrected chi connectivity index (χ4v) is 4.04. The first kappa shape index (κ1) is 17.4. The summed E-state index contributed by atoms with van der Waals surface area (Å²) < 4.78 is 0. The first-order chi connectivity index (χ1) is 13.2. The van der Waals surface area contributed by atoms with Crippen LogP contribution >= 0.6 is 11.8 Å². The number of ketones is 1. The van der Waals surface area contributed by atoms with E-state index in [1.165, 1.54) is 17.3 Å². The summed E-state index contributed by atoms with van der Waals surface area (Å²) in [6.45, 7) is 2.05. The highest BCUT2D eigenvalue weighted by atomic mass is 32.2. The van der Waals surface area contributed by atoms with Crippen LogP contribution in [0, 0.1) is 6.92 Å². The molecule has 4 rings (SSSR count). The van der Waals surface area contributed by atoms with Crippen LogP contribution in [0.1, 0.15) is 16.7 Å². The molecule has 1 N–H and O–H groups in total. The Kier molecular flexibility index (Phi) is 4.95. The molecule has 0 atom stereocenters. The second-order valence-corrected chi connectivity index (χ2v) is 7.46. The Labute approximate surface area is 163 Å². The van der Waals surface area contributed by atoms with Crippen molar-refractivity contribution in [1.82, 2.24) is 0 Å². The van der Waals surface area contributed by atoms with Crippen LogP contribution in [0.2, 0.25) is 0 Å². The van der Waals surface area contributed by atoms with E-state index in [0.29, 0.717) is 0 Å². The van der Waals surface area contributed by atoms with Crippen molar-refractivity contribution >= 4 is 34.9 Å². The van der Waals surface area contributed by atoms with Crippen LogP contribution < -0.4 is 5.32 Å². The Hall–Kier alpha value is -3.04. The van der Waals surface area contributed by atoms with E-state index in [9.17, 15) is 4.79 Å². The number of Topliss-reactive ketones (excluding diaryl/α,β-unsaturated/α-hetero) is 1. The van der Waals surface area contributed by atoms with Crippen LogP contribution in [0.5, 0.6) is 0 Å². The molecule has 1 heterocycles. The first-order valence-electron chi connectivity index (χ1n) is 8.83. The molecule has 2 nitrogen and oxygen atoms in total. The lowest BCUT2D eigenvalue weighted by Gasteiger charge is -2.09. The third-order valence-electron chi connectivity index (χ3n) is 4.36. The molecule has 3 aromatic carbocycles. The molecule has 0 amide bonds. The molecule has 0 spiro atoms. The number of carbonyl (C=O) groups is 1. The fourth-order valence-electron chi connectivity index (χ4n) is 2.95. The third-order valence-corrected chi connectivity index (χ3v) is 5.39. The number of allylic oxidation sites excluding steroid dienone is 2. The highest BCUT2D eigenvalue weighted by molar-refractivity contribution is 8.08. The number of rotatable bonds is 4. The lowest BCUT2D eigenvalue weighted by molar-refractivity contribution is -0.109. The summed E-state index contributed by atoms with van der Waals surface area (Å²) in [5, 5.41) is 4.30. The third kappa shape index (κ3) is 3.88. The summed E-state index contributed by atoms with van der Waals surface area (Å²) in [6.07, 6.45) is 1.96. The van der Waals surface area contributed by atoms with Gasteiger partial charge in [-0.3, -0.25) is 4.79 Å². The number of anilines is 1. The summed E-state index contributed by atoms with van der Waals surface area (Å²) in [7, 11) is 0. The maximum atomic E-state index is 13.2. The van der Waals surface area contributed by atoms with Gasteiger partial charge in [0.05, 0.1) is 15.5 Å². The number of hydrogen-bond donors (Lipinski definition) is 1. The normalized spacial score (nSPS) is 15.4. The van der Waals surface area contributed by atoms with Gasteiger partial charge in [0.2, 0.25) is 5.78 Å². The van der Waals surface area contributed by atoms with Crippen molar-refractivity contribution in [2.24, 2.45) is 0 Å². The van der Waals surface area contributed by atoms with E-state index in [0.717, 1.165) is 32.3 Å². The predicted octanol–water partition coefficient (Wildman–Crippen LogP) is 6.13. The summed E-state index contributed by atoms with van der Waals surface area (Å²) >= 11 is 1.50. The summed E-state index contributed by atoms with van der Waals surface area (Å²) in [4.78, 5) is 13.9. The van der Waals surface area contributed by atoms with E-state index in [4.69, 9.17) is 0 Å². The largest absolute Gasteiger partial charge is 0.349 e. The van der Waals surface area contributed by atoms with Crippen molar-refractivity contribution in [3.05, 3.63) is 112 Å². The molecule has 0 aromatic heterocycles. The van der Waals surface area contributed by atoms with Gasteiger partial charge >= 0.3 is 0 Å². The highest BCUT2D eigenvalue weighted by Gasteiger charge is 2.30. The van der Waals surface area contributed by atoms with Gasteiger partial charge in [0, 0.05) is 5.69 Å². The Morgan fingerprint density at radius 3 is 2.11 bits per heavy atom. The summed E-state index contributed by atoms with van der Waals surface area (Å²) in [5.41, 5.74) is 4.84. The van der Waals surface area contributed by atoms with Crippen LogP contribution in [0.4, 0.5) is 5.69 Å². The number of para-hydroxylation sites is 1. The summed E-state index contributed by atoms with van der Waals surface area (Å²) in [6, 6.07) is 28.0. The molecular formula is C24H19NOS. The van der Waals surface area contributed by atoms with Gasteiger partial charge in [-0.05, 0) is 36.3 Å². The van der Waals surface area contributed by atoms with E-state index in [1.54, 1.807) is 0 Å². The lowest BCUT2D eigenvalue weighted by atomic mass is 10.0. The minimum Gasteiger partial charge on any atom is -0.349 e. The molecule has 0 unspecified atom stereocenters. The van der Waals surface area contributed by atoms with Gasteiger partial charge in [0.1, 0.15) is 0 Å². The maximum absolute atomic E-state index is 13.2. The number of carbonyl (C=O) groups excluding carboxylic acids is 1. The molecular weight excluding hydrogens is 350 g/mol. The van der Waals surface area contributed by atoms with E-state index in [2.05, 4.69) is 5.32 Å². The van der Waals surface area contributed by atoms with Gasteiger partial charge in [-0.1, -0.05) is 90.1 Å². The van der Waals surface area contributed by atoms with Crippen molar-refractivity contribution in [1.29, 1.82) is 0 Å². The van der Waals surface area contributed by atoms with Gasteiger partial charge in [-0.25, -0.2) is 0 Å². The number of aryl methyl sites for hydroxylation is 1. The van der Waals surface area contributed by atoms with Gasteiger partial charge in [0.25, 0.3) is 0 Å². The molecule has 0 radical (unpaired) electrons. The SMILES string of the molecule is Cc1ccc(C2=C(Nc3ccccc3)S/C(=C\c3ccccc3)C2=O)cc1. The quantitative estimate of drug-likeness (QED) is 0.561. The van der Waals surface area contributed by atoms with Crippen LogP contribution in [-0.2, 0) is 4.79 Å². The maximum Gasteiger partial charge on any atom is 0.203 e. The lowest BCUT2D eigenvalue weighted by Crippen LogP contribution is -2.01. The zero-order chi connectivity index (χ0) is 18.6. The molecule has 1 aliphatic rings. The highest BCUT2D eigenvalue weighted by Crippen LogP contribution is 2.43. The Bertz CT molecular complexity index is 1020. The van der Waals surface area contributed by atoms with E-state index >= 15 is 0 Å². The zero-order valence-electron chi connectivity index (χ0n) is 15.0. The second-order valence-electron chi connectivity index (χ2n) is 6.41. The van der Waals surface area contributed by atoms with Gasteiger partial charge in [-0.15, -0.1) is 0 Å². The number of nitrogens with one attached hydrogen (secondary N) is 1. The van der Waals surface area contributed by atoms with Crippen LogP contribution in [0.3, 0.4) is 0 Å². The fraction of sp³-hybridized carbons (Fsp3) is 0.0417. The molecule has 3 aromatic rings. The van der Waals surface area contributed by atoms with Crippen molar-refractivity contribution in [3.8, 4) is 0 Å². The van der Waals surface area contributed by atoms with Gasteiger partial charge in [0.15, 0.2) is 0 Å². The minimum atomic E-state index is 0.0612. The van der Waals surface area contributed by atoms with Gasteiger partial charge < -0.3 is 5.32 Å². The number of thioether (sulfide) groups is 1. The number of benzene rings is 3. The standard InChI is InChI=1S/C24H19NOS/c1-17-12-14-19(15-13-17)22-23(26)21(16-18-8-4-2-5-9-18)27-24(22)25-20-10-6-3-7-11-20/h2-16,25H,1H3/b21-16-. The van der Waals surface area contributed by atoms with E-state index in [1.807, 2.05) is 97.9 Å². The Balaban J connectivity index is 1.75. The van der Waals surface area contributed by atoms with Crippen LogP contribution in [-0.4, -0.2) is 5.78 Å². The monoisotopic (exact) mass is 369 g/mol. The predicted molar refractivity (Wildman–Crippen MR) is 115 cm³/mol. The van der Waals surface area contributed by atoms with E-state index < -0.39 is 0 Å². The topological polar surface area (TPSA) is 29.1 Å². The van der Waals surface area contributed by atoms with Crippen LogP contribution in [0.15, 0.2) is 94.9 Å². The average Bonchev–Trinajstić information content (AvgIpc) is 2.99. The van der Waals surface area contributed by atoms with Crippen molar-refractivity contribution in [2.75, 3.05) is 5.32 Å². The number of hydrogen-bond acceptors (Lipinski definition) is 3. The average molecular weight is 369 g/mol. The molecule has 132 valence electrons. The molecule has 0 aliphatic carbocycles. The van der Waals surface area contributed by atoms with Crippen LogP contribution in [0.25, 0.3) is 11.6 Å². The molecule has 3 heteroatoms. The molecule has 0 saturated carbocycles. The first-order valence-corrected chi connectivity index (χ1v) is 9.65. The molecule has 0 saturated heterocycles.